The van der Waals surface area contributed by atoms with Crippen molar-refractivity contribution in [2.45, 2.75) is 26.2 Å². The van der Waals surface area contributed by atoms with Crippen LogP contribution in [0.4, 0.5) is 0 Å². The fourth-order valence-electron chi connectivity index (χ4n) is 3.06. The van der Waals surface area contributed by atoms with Crippen LogP contribution < -0.4 is 0 Å². The summed E-state index contributed by atoms with van der Waals surface area (Å²) in [4.78, 5) is 12.6. The number of benzene rings is 2. The molecule has 1 nitrogen and oxygen atoms in total. The summed E-state index contributed by atoms with van der Waals surface area (Å²) in [5.74, 6) is 0.440. The molecule has 0 saturated heterocycles. The average molecular weight is 276 g/mol. The van der Waals surface area contributed by atoms with Gasteiger partial charge in [0.1, 0.15) is 0 Å². The van der Waals surface area contributed by atoms with Gasteiger partial charge in [-0.15, -0.1) is 0 Å². The van der Waals surface area contributed by atoms with E-state index in [1.165, 1.54) is 11.1 Å². The molecule has 0 aliphatic heterocycles. The summed E-state index contributed by atoms with van der Waals surface area (Å²) in [5.41, 5.74) is 4.64. The summed E-state index contributed by atoms with van der Waals surface area (Å²) in [6.45, 7) is 2.02. The van der Waals surface area contributed by atoms with E-state index in [1.807, 2.05) is 37.3 Å². The largest absolute Gasteiger partial charge is 0.294 e. The maximum Gasteiger partial charge on any atom is 0.166 e. The minimum atomic E-state index is 0.138. The Morgan fingerprint density at radius 1 is 1.00 bits per heavy atom. The van der Waals surface area contributed by atoms with Crippen molar-refractivity contribution in [1.29, 1.82) is 0 Å². The lowest BCUT2D eigenvalue weighted by molar-refractivity contribution is 0.0912. The molecular formula is C20H20O. The Morgan fingerprint density at radius 3 is 2.38 bits per heavy atom. The predicted octanol–water partition coefficient (Wildman–Crippen LogP) is 5.06. The van der Waals surface area contributed by atoms with Gasteiger partial charge >= 0.3 is 0 Å². The van der Waals surface area contributed by atoms with Crippen LogP contribution in [0.1, 0.15) is 40.7 Å². The first-order valence-electron chi connectivity index (χ1n) is 7.60. The third-order valence-corrected chi connectivity index (χ3v) is 4.34. The first-order valence-corrected chi connectivity index (χ1v) is 7.60. The molecule has 2 aromatic carbocycles. The Bertz CT molecular complexity index is 667. The van der Waals surface area contributed by atoms with Gasteiger partial charge in [-0.25, -0.2) is 0 Å². The zero-order valence-corrected chi connectivity index (χ0v) is 12.4. The second kappa shape index (κ2) is 6.09. The van der Waals surface area contributed by atoms with Crippen molar-refractivity contribution in [3.8, 4) is 0 Å². The van der Waals surface area contributed by atoms with Crippen molar-refractivity contribution in [2.75, 3.05) is 0 Å². The summed E-state index contributed by atoms with van der Waals surface area (Å²) in [7, 11) is 0. The summed E-state index contributed by atoms with van der Waals surface area (Å²) >= 11 is 0. The number of rotatable bonds is 3. The van der Waals surface area contributed by atoms with E-state index >= 15 is 0 Å². The number of allylic oxidation sites excluding steroid dienone is 2. The SMILES string of the molecule is Cc1ccccc1C(=O)C1CC=C(c2ccccc2)CC1. The number of aryl methyl sites for hydroxylation is 1. The molecule has 1 aliphatic rings. The van der Waals surface area contributed by atoms with Crippen molar-refractivity contribution >= 4 is 11.4 Å². The maximum absolute atomic E-state index is 12.6. The minimum Gasteiger partial charge on any atom is -0.294 e. The zero-order chi connectivity index (χ0) is 14.7. The second-order valence-electron chi connectivity index (χ2n) is 5.75. The monoisotopic (exact) mass is 276 g/mol. The highest BCUT2D eigenvalue weighted by Gasteiger charge is 2.23. The molecule has 2 aromatic rings. The van der Waals surface area contributed by atoms with Gasteiger partial charge in [0, 0.05) is 11.5 Å². The highest BCUT2D eigenvalue weighted by Crippen LogP contribution is 2.32. The molecule has 1 atom stereocenters. The van der Waals surface area contributed by atoms with Crippen LogP contribution in [-0.4, -0.2) is 5.78 Å². The predicted molar refractivity (Wildman–Crippen MR) is 87.3 cm³/mol. The smallest absolute Gasteiger partial charge is 0.166 e. The van der Waals surface area contributed by atoms with Crippen molar-refractivity contribution < 1.29 is 4.79 Å². The van der Waals surface area contributed by atoms with Gasteiger partial charge in [-0.3, -0.25) is 4.79 Å². The lowest BCUT2D eigenvalue weighted by Gasteiger charge is -2.22. The quantitative estimate of drug-likeness (QED) is 0.716. The van der Waals surface area contributed by atoms with Crippen LogP contribution in [-0.2, 0) is 0 Å². The highest BCUT2D eigenvalue weighted by atomic mass is 16.1. The van der Waals surface area contributed by atoms with E-state index in [2.05, 4.69) is 30.3 Å². The van der Waals surface area contributed by atoms with E-state index < -0.39 is 0 Å². The fourth-order valence-corrected chi connectivity index (χ4v) is 3.06. The van der Waals surface area contributed by atoms with Crippen molar-refractivity contribution in [1.82, 2.24) is 0 Å². The van der Waals surface area contributed by atoms with Crippen molar-refractivity contribution in [3.63, 3.8) is 0 Å². The van der Waals surface area contributed by atoms with Gasteiger partial charge in [-0.2, -0.15) is 0 Å². The normalized spacial score (nSPS) is 18.1. The summed E-state index contributed by atoms with van der Waals surface area (Å²) in [5, 5.41) is 0. The molecule has 0 fully saturated rings. The van der Waals surface area contributed by atoms with Crippen LogP contribution in [0.3, 0.4) is 0 Å². The molecule has 0 aromatic heterocycles. The number of hydrogen-bond donors (Lipinski definition) is 0. The number of carbonyl (C=O) groups is 1. The van der Waals surface area contributed by atoms with Gasteiger partial charge in [0.05, 0.1) is 0 Å². The van der Waals surface area contributed by atoms with E-state index in [-0.39, 0.29) is 5.92 Å². The maximum atomic E-state index is 12.6. The number of hydrogen-bond acceptors (Lipinski definition) is 1. The Kier molecular flexibility index (Phi) is 4.01. The minimum absolute atomic E-state index is 0.138. The second-order valence-corrected chi connectivity index (χ2v) is 5.75. The molecule has 0 saturated carbocycles. The van der Waals surface area contributed by atoms with Crippen molar-refractivity contribution in [2.24, 2.45) is 5.92 Å². The molecule has 3 rings (SSSR count). The molecule has 0 spiro atoms. The topological polar surface area (TPSA) is 17.1 Å². The van der Waals surface area contributed by atoms with Crippen LogP contribution >= 0.6 is 0 Å². The molecule has 0 radical (unpaired) electrons. The molecule has 0 amide bonds. The van der Waals surface area contributed by atoms with Crippen LogP contribution in [0.25, 0.3) is 5.57 Å². The Morgan fingerprint density at radius 2 is 1.71 bits per heavy atom. The zero-order valence-electron chi connectivity index (χ0n) is 12.4. The number of ketones is 1. The molecule has 21 heavy (non-hydrogen) atoms. The first kappa shape index (κ1) is 13.8. The lowest BCUT2D eigenvalue weighted by Crippen LogP contribution is -2.18. The van der Waals surface area contributed by atoms with Crippen LogP contribution in [0.2, 0.25) is 0 Å². The van der Waals surface area contributed by atoms with E-state index in [1.54, 1.807) is 0 Å². The third-order valence-electron chi connectivity index (χ3n) is 4.34. The Balaban J connectivity index is 1.75. The van der Waals surface area contributed by atoms with Crippen LogP contribution in [0.15, 0.2) is 60.7 Å². The van der Waals surface area contributed by atoms with E-state index in [0.29, 0.717) is 5.78 Å². The van der Waals surface area contributed by atoms with Gasteiger partial charge in [0.15, 0.2) is 5.78 Å². The molecular weight excluding hydrogens is 256 g/mol. The summed E-state index contributed by atoms with van der Waals surface area (Å²) < 4.78 is 0. The number of Topliss-reactive ketones (excluding diaryl/α,β-unsaturated/α-hetero) is 1. The average Bonchev–Trinajstić information content (AvgIpc) is 2.56. The summed E-state index contributed by atoms with van der Waals surface area (Å²) in [6, 6.07) is 18.4. The molecule has 0 N–H and O–H groups in total. The van der Waals surface area contributed by atoms with Crippen LogP contribution in [0, 0.1) is 12.8 Å². The van der Waals surface area contributed by atoms with Gasteiger partial charge in [-0.05, 0) is 42.9 Å². The van der Waals surface area contributed by atoms with E-state index in [9.17, 15) is 4.79 Å². The Labute approximate surface area is 126 Å². The molecule has 0 heterocycles. The molecule has 0 bridgehead atoms. The van der Waals surface area contributed by atoms with Gasteiger partial charge < -0.3 is 0 Å². The Hall–Kier alpha value is -2.15. The van der Waals surface area contributed by atoms with E-state index in [0.717, 1.165) is 30.4 Å². The van der Waals surface area contributed by atoms with Gasteiger partial charge in [0.2, 0.25) is 0 Å². The molecule has 1 unspecified atom stereocenters. The summed E-state index contributed by atoms with van der Waals surface area (Å²) in [6.07, 6.45) is 5.05. The molecule has 1 heteroatoms. The molecule has 1 aliphatic carbocycles. The number of carbonyl (C=O) groups excluding carboxylic acids is 1. The molecule has 106 valence electrons. The van der Waals surface area contributed by atoms with Gasteiger partial charge in [0.25, 0.3) is 0 Å². The van der Waals surface area contributed by atoms with Crippen molar-refractivity contribution in [3.05, 3.63) is 77.4 Å². The third kappa shape index (κ3) is 2.97. The van der Waals surface area contributed by atoms with Gasteiger partial charge in [-0.1, -0.05) is 60.7 Å². The first-order chi connectivity index (χ1) is 10.3. The van der Waals surface area contributed by atoms with E-state index in [4.69, 9.17) is 0 Å². The fraction of sp³-hybridized carbons (Fsp3) is 0.250. The lowest BCUT2D eigenvalue weighted by atomic mass is 9.82. The van der Waals surface area contributed by atoms with Crippen LogP contribution in [0.5, 0.6) is 0 Å². The standard InChI is InChI=1S/C20H20O/c1-15-7-5-6-10-19(15)20(21)18-13-11-17(12-14-18)16-8-3-2-4-9-16/h2-11,18H,12-14H2,1H3. The highest BCUT2D eigenvalue weighted by molar-refractivity contribution is 5.99.